The van der Waals surface area contributed by atoms with E-state index < -0.39 is 0 Å². The minimum Gasteiger partial charge on any atom is -0.273 e. The van der Waals surface area contributed by atoms with Crippen LogP contribution in [0.3, 0.4) is 0 Å². The Bertz CT molecular complexity index is 224. The molecule has 0 rings (SSSR count). The van der Waals surface area contributed by atoms with E-state index >= 15 is 0 Å². The van der Waals surface area contributed by atoms with Gasteiger partial charge in [-0.15, -0.1) is 0 Å². The zero-order chi connectivity index (χ0) is 11.4. The molecule has 1 N–H and O–H groups in total. The molecule has 0 aliphatic carbocycles. The smallest absolute Gasteiger partial charge is 0.245 e. The molecular weight excluding hydrogens is 176 g/mol. The summed E-state index contributed by atoms with van der Waals surface area (Å²) in [6.07, 6.45) is 0.921. The lowest BCUT2D eigenvalue weighted by Crippen LogP contribution is -2.32. The van der Waals surface area contributed by atoms with Gasteiger partial charge in [-0.05, 0) is 19.3 Å². The second-order valence-corrected chi connectivity index (χ2v) is 5.14. The maximum atomic E-state index is 11.4. The van der Waals surface area contributed by atoms with Crippen molar-refractivity contribution < 1.29 is 4.79 Å². The first kappa shape index (κ1) is 13.1. The molecule has 0 aromatic heterocycles. The fourth-order valence-electron chi connectivity index (χ4n) is 0.950. The topological polar surface area (TPSA) is 41.5 Å². The summed E-state index contributed by atoms with van der Waals surface area (Å²) in [6.45, 7) is 11.8. The van der Waals surface area contributed by atoms with Crippen LogP contribution >= 0.6 is 0 Å². The number of hydrazone groups is 1. The Labute approximate surface area is 87.0 Å². The Morgan fingerprint density at radius 2 is 1.86 bits per heavy atom. The average Bonchev–Trinajstić information content (AvgIpc) is 1.96. The Kier molecular flexibility index (Phi) is 4.81. The summed E-state index contributed by atoms with van der Waals surface area (Å²) in [4.78, 5) is 11.4. The van der Waals surface area contributed by atoms with Gasteiger partial charge in [0.15, 0.2) is 0 Å². The lowest BCUT2D eigenvalue weighted by Gasteiger charge is -2.15. The number of carbonyl (C=O) groups is 1. The van der Waals surface area contributed by atoms with Gasteiger partial charge in [-0.25, -0.2) is 5.43 Å². The van der Waals surface area contributed by atoms with E-state index in [1.165, 1.54) is 0 Å². The maximum Gasteiger partial charge on any atom is 0.245 e. The van der Waals surface area contributed by atoms with E-state index in [1.807, 2.05) is 27.7 Å². The van der Waals surface area contributed by atoms with Gasteiger partial charge in [0, 0.05) is 11.1 Å². The van der Waals surface area contributed by atoms with E-state index in [1.54, 1.807) is 0 Å². The molecular formula is C11H22N2O. The molecule has 0 heterocycles. The Balaban J connectivity index is 4.10. The van der Waals surface area contributed by atoms with E-state index in [9.17, 15) is 4.79 Å². The van der Waals surface area contributed by atoms with Gasteiger partial charge in [0.05, 0.1) is 0 Å². The van der Waals surface area contributed by atoms with E-state index in [0.29, 0.717) is 5.92 Å². The molecule has 0 bridgehead atoms. The summed E-state index contributed by atoms with van der Waals surface area (Å²) >= 11 is 0. The average molecular weight is 198 g/mol. The molecule has 0 aliphatic heterocycles. The monoisotopic (exact) mass is 198 g/mol. The molecule has 0 aromatic carbocycles. The molecule has 0 unspecified atom stereocenters. The summed E-state index contributed by atoms with van der Waals surface area (Å²) < 4.78 is 0. The molecule has 3 nitrogen and oxygen atoms in total. The minimum atomic E-state index is -0.373. The second-order valence-electron chi connectivity index (χ2n) is 5.14. The van der Waals surface area contributed by atoms with Crippen molar-refractivity contribution in [3.8, 4) is 0 Å². The van der Waals surface area contributed by atoms with Crippen molar-refractivity contribution in [3.05, 3.63) is 0 Å². The molecule has 0 spiro atoms. The minimum absolute atomic E-state index is 0.0411. The number of rotatable bonds is 3. The van der Waals surface area contributed by atoms with Crippen LogP contribution in [0.15, 0.2) is 5.10 Å². The van der Waals surface area contributed by atoms with Crippen LogP contribution in [0.2, 0.25) is 0 Å². The summed E-state index contributed by atoms with van der Waals surface area (Å²) in [5.74, 6) is 0.533. The first-order chi connectivity index (χ1) is 6.23. The van der Waals surface area contributed by atoms with Crippen molar-refractivity contribution in [2.45, 2.75) is 48.0 Å². The third kappa shape index (κ3) is 5.73. The summed E-state index contributed by atoms with van der Waals surface area (Å²) in [6, 6.07) is 0. The molecule has 0 saturated carbocycles. The molecule has 0 saturated heterocycles. The predicted octanol–water partition coefficient (Wildman–Crippen LogP) is 2.57. The lowest BCUT2D eigenvalue weighted by atomic mass is 9.96. The van der Waals surface area contributed by atoms with Gasteiger partial charge in [0.25, 0.3) is 0 Å². The number of nitrogens with zero attached hydrogens (tertiary/aromatic N) is 1. The zero-order valence-corrected chi connectivity index (χ0v) is 10.1. The molecule has 0 aromatic rings. The van der Waals surface area contributed by atoms with E-state index in [-0.39, 0.29) is 11.3 Å². The third-order valence-electron chi connectivity index (χ3n) is 1.73. The van der Waals surface area contributed by atoms with Gasteiger partial charge in [-0.3, -0.25) is 4.79 Å². The van der Waals surface area contributed by atoms with Crippen molar-refractivity contribution >= 4 is 11.6 Å². The van der Waals surface area contributed by atoms with Gasteiger partial charge in [-0.2, -0.15) is 5.10 Å². The van der Waals surface area contributed by atoms with Crippen LogP contribution in [0.5, 0.6) is 0 Å². The normalized spacial score (nSPS) is 13.2. The number of hydrogen-bond acceptors (Lipinski definition) is 2. The maximum absolute atomic E-state index is 11.4. The van der Waals surface area contributed by atoms with Crippen molar-refractivity contribution in [2.75, 3.05) is 0 Å². The predicted molar refractivity (Wildman–Crippen MR) is 60.2 cm³/mol. The highest BCUT2D eigenvalue weighted by Gasteiger charge is 2.20. The van der Waals surface area contributed by atoms with Gasteiger partial charge in [-0.1, -0.05) is 34.6 Å². The van der Waals surface area contributed by atoms with Crippen LogP contribution in [0.1, 0.15) is 48.0 Å². The van der Waals surface area contributed by atoms with Crippen molar-refractivity contribution in [1.29, 1.82) is 0 Å². The van der Waals surface area contributed by atoms with Crippen molar-refractivity contribution in [1.82, 2.24) is 5.43 Å². The van der Waals surface area contributed by atoms with E-state index in [2.05, 4.69) is 24.4 Å². The first-order valence-electron chi connectivity index (χ1n) is 5.07. The zero-order valence-electron chi connectivity index (χ0n) is 10.1. The Hall–Kier alpha value is -0.860. The molecule has 0 radical (unpaired) electrons. The summed E-state index contributed by atoms with van der Waals surface area (Å²) in [7, 11) is 0. The largest absolute Gasteiger partial charge is 0.273 e. The molecule has 1 amide bonds. The van der Waals surface area contributed by atoms with Gasteiger partial charge >= 0.3 is 0 Å². The van der Waals surface area contributed by atoms with Crippen LogP contribution in [-0.2, 0) is 4.79 Å². The van der Waals surface area contributed by atoms with Gasteiger partial charge < -0.3 is 0 Å². The number of carbonyl (C=O) groups excluding carboxylic acids is 1. The lowest BCUT2D eigenvalue weighted by molar-refractivity contribution is -0.128. The molecule has 14 heavy (non-hydrogen) atoms. The van der Waals surface area contributed by atoms with Crippen molar-refractivity contribution in [3.63, 3.8) is 0 Å². The third-order valence-corrected chi connectivity index (χ3v) is 1.73. The fourth-order valence-corrected chi connectivity index (χ4v) is 0.950. The number of hydrogen-bond donors (Lipinski definition) is 1. The van der Waals surface area contributed by atoms with Crippen LogP contribution in [-0.4, -0.2) is 11.6 Å². The van der Waals surface area contributed by atoms with E-state index in [0.717, 1.165) is 12.1 Å². The van der Waals surface area contributed by atoms with Gasteiger partial charge in [0.1, 0.15) is 0 Å². The SMILES string of the molecule is C/C(CC(C)C)=N/NC(=O)C(C)(C)C. The summed E-state index contributed by atoms with van der Waals surface area (Å²) in [5.41, 5.74) is 3.17. The highest BCUT2D eigenvalue weighted by molar-refractivity contribution is 5.86. The molecule has 0 aliphatic rings. The highest BCUT2D eigenvalue weighted by Crippen LogP contribution is 2.12. The number of nitrogens with one attached hydrogen (secondary N) is 1. The Morgan fingerprint density at radius 1 is 1.36 bits per heavy atom. The van der Waals surface area contributed by atoms with Crippen molar-refractivity contribution in [2.24, 2.45) is 16.4 Å². The second kappa shape index (κ2) is 5.13. The van der Waals surface area contributed by atoms with Crippen LogP contribution in [0.25, 0.3) is 0 Å². The molecule has 0 fully saturated rings. The van der Waals surface area contributed by atoms with Crippen LogP contribution in [0, 0.1) is 11.3 Å². The van der Waals surface area contributed by atoms with E-state index in [4.69, 9.17) is 0 Å². The van der Waals surface area contributed by atoms with Gasteiger partial charge in [0.2, 0.25) is 5.91 Å². The first-order valence-corrected chi connectivity index (χ1v) is 5.07. The molecule has 3 heteroatoms. The number of amides is 1. The Morgan fingerprint density at radius 3 is 2.21 bits per heavy atom. The molecule has 0 atom stereocenters. The fraction of sp³-hybridized carbons (Fsp3) is 0.818. The standard InChI is InChI=1S/C11H22N2O/c1-8(2)7-9(3)12-13-10(14)11(4,5)6/h8H,7H2,1-6H3,(H,13,14)/b12-9-. The van der Waals surface area contributed by atoms with Crippen LogP contribution in [0.4, 0.5) is 0 Å². The van der Waals surface area contributed by atoms with Crippen LogP contribution < -0.4 is 5.43 Å². The highest BCUT2D eigenvalue weighted by atomic mass is 16.2. The molecule has 82 valence electrons. The summed E-state index contributed by atoms with van der Waals surface area (Å²) in [5, 5.41) is 4.05. The quantitative estimate of drug-likeness (QED) is 0.549.